The Labute approximate surface area is 93.6 Å². The van der Waals surface area contributed by atoms with Crippen LogP contribution in [0.25, 0.3) is 0 Å². The minimum atomic E-state index is -2.55. The highest BCUT2D eigenvalue weighted by molar-refractivity contribution is 5.24. The molecule has 2 atom stereocenters. The Morgan fingerprint density at radius 3 is 2.24 bits per heavy atom. The van der Waals surface area contributed by atoms with Gasteiger partial charge in [0, 0.05) is 24.2 Å². The van der Waals surface area contributed by atoms with E-state index in [1.54, 1.807) is 0 Å². The molecule has 17 heavy (non-hydrogen) atoms. The Morgan fingerprint density at radius 1 is 1.29 bits per heavy atom. The van der Waals surface area contributed by atoms with Crippen molar-refractivity contribution in [2.75, 3.05) is 7.11 Å². The van der Waals surface area contributed by atoms with Crippen LogP contribution in [0.3, 0.4) is 0 Å². The van der Waals surface area contributed by atoms with Crippen molar-refractivity contribution in [3.8, 4) is 0 Å². The highest BCUT2D eigenvalue weighted by atomic mass is 16.7. The van der Waals surface area contributed by atoms with E-state index in [1.807, 2.05) is 0 Å². The average molecular weight is 245 g/mol. The monoisotopic (exact) mass is 245 g/mol. The molecule has 0 bridgehead atoms. The molecule has 0 N–H and O–H groups in total. The molecule has 10 nitrogen and oxygen atoms in total. The van der Waals surface area contributed by atoms with Crippen LogP contribution in [0.1, 0.15) is 0 Å². The molecule has 0 radical (unpaired) electrons. The molecule has 0 spiro atoms. The van der Waals surface area contributed by atoms with Crippen LogP contribution in [0.15, 0.2) is 23.9 Å². The predicted octanol–water partition coefficient (Wildman–Crippen LogP) is -0.0185. The molecule has 0 saturated carbocycles. The third kappa shape index (κ3) is 1.85. The summed E-state index contributed by atoms with van der Waals surface area (Å²) in [5.74, 6) is 0. The zero-order valence-electron chi connectivity index (χ0n) is 8.51. The van der Waals surface area contributed by atoms with Crippen molar-refractivity contribution in [1.82, 2.24) is 0 Å². The largest absolute Gasteiger partial charge is 0.422 e. The minimum Gasteiger partial charge on any atom is -0.309 e. The first kappa shape index (κ1) is 12.7. The van der Waals surface area contributed by atoms with Crippen LogP contribution in [0, 0.1) is 30.3 Å². The molecule has 0 aromatic rings. The van der Waals surface area contributed by atoms with E-state index in [-0.39, 0.29) is 0 Å². The number of methoxy groups -OCH3 is 1. The van der Waals surface area contributed by atoms with Crippen molar-refractivity contribution < 1.29 is 19.5 Å². The van der Waals surface area contributed by atoms with Gasteiger partial charge in [0.25, 0.3) is 0 Å². The summed E-state index contributed by atoms with van der Waals surface area (Å²) in [4.78, 5) is 29.1. The average Bonchev–Trinajstić information content (AvgIpc) is 2.27. The lowest BCUT2D eigenvalue weighted by atomic mass is 9.96. The van der Waals surface area contributed by atoms with E-state index in [0.717, 1.165) is 25.3 Å². The first-order valence-electron chi connectivity index (χ1n) is 4.23. The van der Waals surface area contributed by atoms with Crippen LogP contribution >= 0.6 is 0 Å². The van der Waals surface area contributed by atoms with Gasteiger partial charge in [-0.1, -0.05) is 0 Å². The van der Waals surface area contributed by atoms with Gasteiger partial charge in [0.05, 0.1) is 9.85 Å². The number of nitrogens with zero attached hydrogens (tertiary/aromatic N) is 3. The number of hydrogen-bond donors (Lipinski definition) is 0. The van der Waals surface area contributed by atoms with Gasteiger partial charge in [-0.2, -0.15) is 0 Å². The zero-order chi connectivity index (χ0) is 13.2. The van der Waals surface area contributed by atoms with Crippen LogP contribution in [0.5, 0.6) is 0 Å². The van der Waals surface area contributed by atoms with E-state index in [0.29, 0.717) is 0 Å². The highest BCUT2D eigenvalue weighted by Crippen LogP contribution is 2.30. The van der Waals surface area contributed by atoms with Gasteiger partial charge >= 0.3 is 17.5 Å². The second-order valence-corrected chi connectivity index (χ2v) is 3.11. The van der Waals surface area contributed by atoms with Gasteiger partial charge in [0.2, 0.25) is 0 Å². The van der Waals surface area contributed by atoms with Gasteiger partial charge in [0.1, 0.15) is 0 Å². The maximum atomic E-state index is 10.9. The van der Waals surface area contributed by atoms with E-state index in [9.17, 15) is 30.3 Å². The Hall–Kier alpha value is -2.36. The van der Waals surface area contributed by atoms with Crippen LogP contribution in [0.4, 0.5) is 0 Å². The molecular weight excluding hydrogens is 238 g/mol. The molecule has 1 aliphatic carbocycles. The first-order chi connectivity index (χ1) is 7.86. The van der Waals surface area contributed by atoms with Gasteiger partial charge in [-0.05, 0) is 6.08 Å². The molecule has 2 unspecified atom stereocenters. The smallest absolute Gasteiger partial charge is 0.309 e. The fourth-order valence-corrected chi connectivity index (χ4v) is 1.51. The summed E-state index contributed by atoms with van der Waals surface area (Å²) < 4.78 is 4.52. The molecule has 92 valence electrons. The predicted molar refractivity (Wildman–Crippen MR) is 51.7 cm³/mol. The minimum absolute atomic E-state index is 0.813. The number of allylic oxidation sites excluding steroid dienone is 2. The summed E-state index contributed by atoms with van der Waals surface area (Å²) in [6.07, 6.45) is 2.64. The number of hydrogen-bond acceptors (Lipinski definition) is 7. The fourth-order valence-electron chi connectivity index (χ4n) is 1.51. The molecule has 0 heterocycles. The second kappa shape index (κ2) is 4.25. The van der Waals surface area contributed by atoms with Crippen molar-refractivity contribution in [3.63, 3.8) is 0 Å². The van der Waals surface area contributed by atoms with Gasteiger partial charge in [-0.15, -0.1) is 0 Å². The number of nitro groups is 3. The van der Waals surface area contributed by atoms with Crippen LogP contribution < -0.4 is 0 Å². The Morgan fingerprint density at radius 2 is 1.88 bits per heavy atom. The van der Waals surface area contributed by atoms with Crippen LogP contribution in [-0.4, -0.2) is 33.6 Å². The summed E-state index contributed by atoms with van der Waals surface area (Å²) in [5.41, 5.74) is -3.45. The molecule has 1 aliphatic rings. The number of rotatable bonds is 4. The third-order valence-corrected chi connectivity index (χ3v) is 2.31. The molecule has 1 rings (SSSR count). The Balaban J connectivity index is 3.39. The van der Waals surface area contributed by atoms with E-state index in [4.69, 9.17) is 0 Å². The maximum Gasteiger partial charge on any atom is 0.422 e. The SMILES string of the molecule is COC1([N+](=O)[O-])C=CC=C([N+](=O)[O-])C1[N+](=O)[O-]. The molecule has 0 amide bonds. The van der Waals surface area contributed by atoms with Gasteiger partial charge in [-0.3, -0.25) is 30.3 Å². The summed E-state index contributed by atoms with van der Waals surface area (Å²) in [5, 5.41) is 32.3. The standard InChI is InChI=1S/C7H7N3O7/c1-17-7(10(15)16)4-2-3-5(8(11)12)6(7)9(13)14/h2-4,6H,1H3. The lowest BCUT2D eigenvalue weighted by Crippen LogP contribution is -2.55. The van der Waals surface area contributed by atoms with Crippen LogP contribution in [-0.2, 0) is 4.74 Å². The molecule has 0 aromatic heterocycles. The topological polar surface area (TPSA) is 139 Å². The quantitative estimate of drug-likeness (QED) is 0.385. The van der Waals surface area contributed by atoms with Crippen molar-refractivity contribution >= 4 is 0 Å². The fraction of sp³-hybridized carbons (Fsp3) is 0.429. The highest BCUT2D eigenvalue weighted by Gasteiger charge is 2.65. The molecule has 0 saturated heterocycles. The van der Waals surface area contributed by atoms with E-state index < -0.39 is 32.2 Å². The van der Waals surface area contributed by atoms with Crippen molar-refractivity contribution in [1.29, 1.82) is 0 Å². The summed E-state index contributed by atoms with van der Waals surface area (Å²) in [7, 11) is 0.881. The Bertz CT molecular complexity index is 443. The van der Waals surface area contributed by atoms with Crippen molar-refractivity contribution in [2.45, 2.75) is 11.8 Å². The van der Waals surface area contributed by atoms with E-state index in [1.165, 1.54) is 0 Å². The van der Waals surface area contributed by atoms with E-state index in [2.05, 4.69) is 4.74 Å². The lowest BCUT2D eigenvalue weighted by Gasteiger charge is -2.22. The maximum absolute atomic E-state index is 10.9. The van der Waals surface area contributed by atoms with Gasteiger partial charge in [0.15, 0.2) is 0 Å². The van der Waals surface area contributed by atoms with E-state index >= 15 is 0 Å². The first-order valence-corrected chi connectivity index (χ1v) is 4.23. The normalized spacial score (nSPS) is 27.4. The summed E-state index contributed by atoms with van der Waals surface area (Å²) in [6.45, 7) is 0. The summed E-state index contributed by atoms with van der Waals surface area (Å²) >= 11 is 0. The molecule has 10 heteroatoms. The Kier molecular flexibility index (Phi) is 3.18. The zero-order valence-corrected chi connectivity index (χ0v) is 8.51. The summed E-state index contributed by atoms with van der Waals surface area (Å²) in [6, 6.07) is -2.19. The third-order valence-electron chi connectivity index (χ3n) is 2.31. The van der Waals surface area contributed by atoms with Gasteiger partial charge in [-0.25, -0.2) is 0 Å². The molecule has 0 aliphatic heterocycles. The molecular formula is C7H7N3O7. The van der Waals surface area contributed by atoms with Gasteiger partial charge < -0.3 is 4.74 Å². The lowest BCUT2D eigenvalue weighted by molar-refractivity contribution is -0.690. The molecule has 0 aromatic carbocycles. The second-order valence-electron chi connectivity index (χ2n) is 3.11. The number of ether oxygens (including phenoxy) is 1. The van der Waals surface area contributed by atoms with Crippen LogP contribution in [0.2, 0.25) is 0 Å². The molecule has 0 fully saturated rings. The van der Waals surface area contributed by atoms with Crippen molar-refractivity contribution in [3.05, 3.63) is 54.3 Å². The van der Waals surface area contributed by atoms with Crippen molar-refractivity contribution in [2.24, 2.45) is 0 Å².